The summed E-state index contributed by atoms with van der Waals surface area (Å²) < 4.78 is 5.71. The standard InChI is InChI=1S/C24H32ClNO2/c1-5-7-19(8-6-2)23-15-17(3)9-11-21(23)22-12-10-20(16-24(22)25)28-14-13-26-18(4)27/h5-8,10,12,16-17,21,23H,1,9,11,13-15H2,2-4H3,(H,26,27)/b8-6-,19-7+. The highest BCUT2D eigenvalue weighted by Crippen LogP contribution is 2.46. The van der Waals surface area contributed by atoms with Gasteiger partial charge in [-0.2, -0.15) is 0 Å². The van der Waals surface area contributed by atoms with E-state index in [9.17, 15) is 4.79 Å². The number of hydrogen-bond acceptors (Lipinski definition) is 2. The Morgan fingerprint density at radius 2 is 2.18 bits per heavy atom. The highest BCUT2D eigenvalue weighted by molar-refractivity contribution is 6.31. The number of halogens is 1. The van der Waals surface area contributed by atoms with Gasteiger partial charge in [-0.3, -0.25) is 4.79 Å². The molecule has 1 amide bonds. The smallest absolute Gasteiger partial charge is 0.216 e. The van der Waals surface area contributed by atoms with Crippen LogP contribution in [0.3, 0.4) is 0 Å². The molecule has 1 fully saturated rings. The summed E-state index contributed by atoms with van der Waals surface area (Å²) in [5.74, 6) is 2.20. The number of carbonyl (C=O) groups is 1. The van der Waals surface area contributed by atoms with Crippen molar-refractivity contribution in [2.45, 2.75) is 46.0 Å². The molecule has 1 N–H and O–H groups in total. The first kappa shape index (κ1) is 22.3. The quantitative estimate of drug-likeness (QED) is 0.424. The van der Waals surface area contributed by atoms with Gasteiger partial charge >= 0.3 is 0 Å². The Morgan fingerprint density at radius 1 is 1.39 bits per heavy atom. The topological polar surface area (TPSA) is 38.3 Å². The molecule has 0 spiro atoms. The molecule has 3 unspecified atom stereocenters. The van der Waals surface area contributed by atoms with Crippen LogP contribution in [-0.2, 0) is 4.79 Å². The Bertz CT molecular complexity index is 738. The molecular weight excluding hydrogens is 370 g/mol. The summed E-state index contributed by atoms with van der Waals surface area (Å²) in [5, 5.41) is 3.47. The second-order valence-electron chi connectivity index (χ2n) is 7.55. The molecule has 1 aliphatic carbocycles. The van der Waals surface area contributed by atoms with Crippen molar-refractivity contribution in [2.75, 3.05) is 13.2 Å². The summed E-state index contributed by atoms with van der Waals surface area (Å²) in [6.45, 7) is 10.7. The zero-order valence-corrected chi connectivity index (χ0v) is 18.0. The molecule has 0 bridgehead atoms. The number of hydrogen-bond donors (Lipinski definition) is 1. The number of rotatable bonds is 8. The minimum absolute atomic E-state index is 0.0564. The van der Waals surface area contributed by atoms with Crippen molar-refractivity contribution in [1.82, 2.24) is 5.32 Å². The molecule has 1 saturated carbocycles. The highest BCUT2D eigenvalue weighted by atomic mass is 35.5. The summed E-state index contributed by atoms with van der Waals surface area (Å²) in [5.41, 5.74) is 2.51. The van der Waals surface area contributed by atoms with Crippen LogP contribution in [0.25, 0.3) is 0 Å². The molecule has 0 radical (unpaired) electrons. The van der Waals surface area contributed by atoms with Gasteiger partial charge in [-0.05, 0) is 60.8 Å². The molecule has 152 valence electrons. The lowest BCUT2D eigenvalue weighted by Gasteiger charge is -2.36. The van der Waals surface area contributed by atoms with Gasteiger partial charge in [0.1, 0.15) is 12.4 Å². The first-order valence-corrected chi connectivity index (χ1v) is 10.5. The summed E-state index contributed by atoms with van der Waals surface area (Å²) in [6.07, 6.45) is 11.8. The van der Waals surface area contributed by atoms with Gasteiger partial charge in [0.15, 0.2) is 0 Å². The van der Waals surface area contributed by atoms with Crippen molar-refractivity contribution in [3.05, 3.63) is 65.2 Å². The van der Waals surface area contributed by atoms with Crippen LogP contribution in [0.5, 0.6) is 5.75 Å². The van der Waals surface area contributed by atoms with Crippen molar-refractivity contribution in [3.8, 4) is 5.75 Å². The fourth-order valence-corrected chi connectivity index (χ4v) is 4.36. The summed E-state index contributed by atoms with van der Waals surface area (Å²) >= 11 is 6.68. The third-order valence-corrected chi connectivity index (χ3v) is 5.65. The van der Waals surface area contributed by atoms with Crippen LogP contribution in [0.15, 0.2) is 54.7 Å². The molecule has 4 heteroatoms. The SMILES string of the molecule is C=C/C=C(\C=C/C)C1CC(C)CCC1c1ccc(OCCNC(C)=O)cc1Cl. The second-order valence-corrected chi connectivity index (χ2v) is 7.96. The Balaban J connectivity index is 2.19. The second kappa shape index (κ2) is 11.1. The van der Waals surface area contributed by atoms with Gasteiger partial charge in [-0.1, -0.05) is 61.9 Å². The maximum absolute atomic E-state index is 10.9. The predicted molar refractivity (Wildman–Crippen MR) is 118 cm³/mol. The van der Waals surface area contributed by atoms with E-state index in [1.807, 2.05) is 18.2 Å². The lowest BCUT2D eigenvalue weighted by atomic mass is 9.68. The van der Waals surface area contributed by atoms with Gasteiger partial charge in [0.05, 0.1) is 6.54 Å². The molecule has 1 aliphatic rings. The Hall–Kier alpha value is -2.00. The first-order valence-electron chi connectivity index (χ1n) is 10.1. The molecule has 3 atom stereocenters. The average molecular weight is 402 g/mol. The zero-order valence-electron chi connectivity index (χ0n) is 17.2. The molecular formula is C24H32ClNO2. The van der Waals surface area contributed by atoms with E-state index in [1.165, 1.54) is 24.5 Å². The molecule has 2 rings (SSSR count). The van der Waals surface area contributed by atoms with E-state index < -0.39 is 0 Å². The first-order chi connectivity index (χ1) is 13.5. The molecule has 1 aromatic rings. The van der Waals surface area contributed by atoms with Crippen molar-refractivity contribution < 1.29 is 9.53 Å². The number of amides is 1. The summed E-state index contributed by atoms with van der Waals surface area (Å²) in [4.78, 5) is 10.9. The Kier molecular flexibility index (Phi) is 8.85. The van der Waals surface area contributed by atoms with E-state index >= 15 is 0 Å². The van der Waals surface area contributed by atoms with Gasteiger partial charge in [-0.25, -0.2) is 0 Å². The number of ether oxygens (including phenoxy) is 1. The number of allylic oxidation sites excluding steroid dienone is 5. The van der Waals surface area contributed by atoms with Crippen molar-refractivity contribution >= 4 is 17.5 Å². The molecule has 0 heterocycles. The molecule has 0 aromatic heterocycles. The van der Waals surface area contributed by atoms with Crippen LogP contribution in [0, 0.1) is 11.8 Å². The highest BCUT2D eigenvalue weighted by Gasteiger charge is 2.32. The molecule has 1 aromatic carbocycles. The molecule has 28 heavy (non-hydrogen) atoms. The Labute approximate surface area is 174 Å². The summed E-state index contributed by atoms with van der Waals surface area (Å²) in [7, 11) is 0. The third kappa shape index (κ3) is 6.27. The number of carbonyl (C=O) groups excluding carboxylic acids is 1. The maximum Gasteiger partial charge on any atom is 0.216 e. The number of benzene rings is 1. The van der Waals surface area contributed by atoms with Crippen molar-refractivity contribution in [1.29, 1.82) is 0 Å². The van der Waals surface area contributed by atoms with Crippen LogP contribution in [0.4, 0.5) is 0 Å². The van der Waals surface area contributed by atoms with Crippen LogP contribution >= 0.6 is 11.6 Å². The minimum atomic E-state index is -0.0564. The zero-order chi connectivity index (χ0) is 20.5. The van der Waals surface area contributed by atoms with Crippen LogP contribution in [0.1, 0.15) is 51.5 Å². The largest absolute Gasteiger partial charge is 0.492 e. The predicted octanol–water partition coefficient (Wildman–Crippen LogP) is 6.06. The van der Waals surface area contributed by atoms with Crippen molar-refractivity contribution in [2.24, 2.45) is 11.8 Å². The van der Waals surface area contributed by atoms with Crippen LogP contribution in [-0.4, -0.2) is 19.1 Å². The molecule has 3 nitrogen and oxygen atoms in total. The normalized spacial score (nSPS) is 22.9. The lowest BCUT2D eigenvalue weighted by Crippen LogP contribution is -2.25. The minimum Gasteiger partial charge on any atom is -0.492 e. The van der Waals surface area contributed by atoms with Gasteiger partial charge in [0, 0.05) is 11.9 Å². The van der Waals surface area contributed by atoms with E-state index in [-0.39, 0.29) is 5.91 Å². The summed E-state index contributed by atoms with van der Waals surface area (Å²) in [6, 6.07) is 5.98. The fourth-order valence-electron chi connectivity index (χ4n) is 4.05. The van der Waals surface area contributed by atoms with E-state index in [1.54, 1.807) is 0 Å². The van der Waals surface area contributed by atoms with Gasteiger partial charge in [0.2, 0.25) is 5.91 Å². The molecule has 0 aliphatic heterocycles. The lowest BCUT2D eigenvalue weighted by molar-refractivity contribution is -0.119. The average Bonchev–Trinajstić information content (AvgIpc) is 2.65. The van der Waals surface area contributed by atoms with Crippen molar-refractivity contribution in [3.63, 3.8) is 0 Å². The van der Waals surface area contributed by atoms with E-state index in [0.29, 0.717) is 30.9 Å². The molecule has 0 saturated heterocycles. The van der Waals surface area contributed by atoms with Crippen LogP contribution in [0.2, 0.25) is 5.02 Å². The van der Waals surface area contributed by atoms with Gasteiger partial charge in [0.25, 0.3) is 0 Å². The van der Waals surface area contributed by atoms with E-state index in [4.69, 9.17) is 16.3 Å². The fraction of sp³-hybridized carbons (Fsp3) is 0.458. The van der Waals surface area contributed by atoms with E-state index in [2.05, 4.69) is 50.0 Å². The Morgan fingerprint density at radius 3 is 2.82 bits per heavy atom. The number of nitrogens with one attached hydrogen (secondary N) is 1. The third-order valence-electron chi connectivity index (χ3n) is 5.33. The van der Waals surface area contributed by atoms with Crippen LogP contribution < -0.4 is 10.1 Å². The maximum atomic E-state index is 10.9. The monoisotopic (exact) mass is 401 g/mol. The van der Waals surface area contributed by atoms with Gasteiger partial charge < -0.3 is 10.1 Å². The van der Waals surface area contributed by atoms with E-state index in [0.717, 1.165) is 23.6 Å². The van der Waals surface area contributed by atoms with Gasteiger partial charge in [-0.15, -0.1) is 0 Å².